The standard InChI is InChI=1S/C8H15F3N2O3/c1-7(5(12)14,6(15-2)16-3)13-4-8(9,10)11/h6,13H,4H2,1-3H3,(H2,12,14). The van der Waals surface area contributed by atoms with Crippen molar-refractivity contribution in [3.63, 3.8) is 0 Å². The maximum atomic E-state index is 12.0. The molecule has 16 heavy (non-hydrogen) atoms. The number of rotatable bonds is 6. The highest BCUT2D eigenvalue weighted by Gasteiger charge is 2.43. The molecule has 96 valence electrons. The molecular formula is C8H15F3N2O3. The molecule has 0 bridgehead atoms. The number of amides is 1. The Morgan fingerprint density at radius 2 is 1.81 bits per heavy atom. The molecule has 0 saturated carbocycles. The van der Waals surface area contributed by atoms with Crippen LogP contribution in [0.1, 0.15) is 6.92 Å². The molecule has 0 aromatic carbocycles. The van der Waals surface area contributed by atoms with Crippen LogP contribution in [0.25, 0.3) is 0 Å². The third kappa shape index (κ3) is 3.95. The number of hydrogen-bond acceptors (Lipinski definition) is 4. The van der Waals surface area contributed by atoms with E-state index >= 15 is 0 Å². The molecule has 0 aliphatic heterocycles. The summed E-state index contributed by atoms with van der Waals surface area (Å²) in [7, 11) is 2.40. The van der Waals surface area contributed by atoms with E-state index in [9.17, 15) is 18.0 Å². The first-order valence-corrected chi connectivity index (χ1v) is 4.34. The molecule has 0 aromatic rings. The Kier molecular flexibility index (Phi) is 5.17. The summed E-state index contributed by atoms with van der Waals surface area (Å²) in [4.78, 5) is 11.1. The van der Waals surface area contributed by atoms with Gasteiger partial charge in [0.2, 0.25) is 5.91 Å². The van der Waals surface area contributed by atoms with Crippen LogP contribution in [0.3, 0.4) is 0 Å². The SMILES string of the molecule is COC(OC)C(C)(NCC(F)(F)F)C(N)=O. The van der Waals surface area contributed by atoms with Gasteiger partial charge in [0.1, 0.15) is 5.54 Å². The number of ether oxygens (including phenoxy) is 2. The number of alkyl halides is 3. The van der Waals surface area contributed by atoms with Gasteiger partial charge in [0.05, 0.1) is 6.54 Å². The lowest BCUT2D eigenvalue weighted by atomic mass is 10.0. The third-order valence-corrected chi connectivity index (χ3v) is 2.07. The summed E-state index contributed by atoms with van der Waals surface area (Å²) >= 11 is 0. The number of halogens is 3. The summed E-state index contributed by atoms with van der Waals surface area (Å²) in [6.45, 7) is -0.186. The molecule has 5 nitrogen and oxygen atoms in total. The summed E-state index contributed by atoms with van der Waals surface area (Å²) in [6, 6.07) is 0. The van der Waals surface area contributed by atoms with Crippen LogP contribution >= 0.6 is 0 Å². The smallest absolute Gasteiger partial charge is 0.368 e. The first-order valence-electron chi connectivity index (χ1n) is 4.34. The minimum atomic E-state index is -4.46. The van der Waals surface area contributed by atoms with Crippen molar-refractivity contribution in [3.05, 3.63) is 0 Å². The molecule has 0 rings (SSSR count). The van der Waals surface area contributed by atoms with E-state index in [-0.39, 0.29) is 0 Å². The van der Waals surface area contributed by atoms with Gasteiger partial charge in [-0.05, 0) is 6.92 Å². The van der Waals surface area contributed by atoms with Gasteiger partial charge in [0.25, 0.3) is 0 Å². The van der Waals surface area contributed by atoms with Gasteiger partial charge in [0.15, 0.2) is 6.29 Å². The first kappa shape index (κ1) is 15.1. The van der Waals surface area contributed by atoms with Crippen LogP contribution in [0.2, 0.25) is 0 Å². The predicted octanol–water partition coefficient (Wildman–Crippen LogP) is 0.00120. The van der Waals surface area contributed by atoms with Crippen molar-refractivity contribution in [2.75, 3.05) is 20.8 Å². The van der Waals surface area contributed by atoms with Crippen LogP contribution in [0.5, 0.6) is 0 Å². The van der Waals surface area contributed by atoms with Gasteiger partial charge >= 0.3 is 6.18 Å². The highest BCUT2D eigenvalue weighted by atomic mass is 19.4. The number of nitrogens with one attached hydrogen (secondary N) is 1. The second kappa shape index (κ2) is 5.46. The van der Waals surface area contributed by atoms with Crippen LogP contribution in [-0.2, 0) is 14.3 Å². The molecule has 0 aliphatic carbocycles. The van der Waals surface area contributed by atoms with Crippen LogP contribution in [0.15, 0.2) is 0 Å². The predicted molar refractivity (Wildman–Crippen MR) is 49.5 cm³/mol. The molecule has 3 N–H and O–H groups in total. The Morgan fingerprint density at radius 1 is 1.38 bits per heavy atom. The molecule has 1 amide bonds. The normalized spacial score (nSPS) is 16.2. The minimum Gasteiger partial charge on any atom is -0.368 e. The van der Waals surface area contributed by atoms with Gasteiger partial charge < -0.3 is 15.2 Å². The number of carbonyl (C=O) groups excluding carboxylic acids is 1. The molecule has 0 saturated heterocycles. The van der Waals surface area contributed by atoms with Gasteiger partial charge in [-0.15, -0.1) is 0 Å². The molecule has 1 atom stereocenters. The number of hydrogen-bond donors (Lipinski definition) is 2. The van der Waals surface area contributed by atoms with E-state index in [1.54, 1.807) is 0 Å². The minimum absolute atomic E-state index is 0.995. The van der Waals surface area contributed by atoms with Gasteiger partial charge in [-0.25, -0.2) is 0 Å². The van der Waals surface area contributed by atoms with Gasteiger partial charge in [-0.1, -0.05) is 0 Å². The van der Waals surface area contributed by atoms with Crippen LogP contribution < -0.4 is 11.1 Å². The Labute approximate surface area is 91.1 Å². The highest BCUT2D eigenvalue weighted by molar-refractivity contribution is 5.84. The lowest BCUT2D eigenvalue weighted by Gasteiger charge is -2.33. The van der Waals surface area contributed by atoms with E-state index in [1.165, 1.54) is 21.1 Å². The summed E-state index contributed by atoms with van der Waals surface area (Å²) in [5, 5.41) is 1.99. The van der Waals surface area contributed by atoms with Crippen molar-refractivity contribution in [1.29, 1.82) is 0 Å². The van der Waals surface area contributed by atoms with Gasteiger partial charge in [-0.3, -0.25) is 10.1 Å². The van der Waals surface area contributed by atoms with Crippen molar-refractivity contribution >= 4 is 5.91 Å². The Morgan fingerprint density at radius 3 is 2.06 bits per heavy atom. The van der Waals surface area contributed by atoms with Crippen LogP contribution in [0, 0.1) is 0 Å². The molecular weight excluding hydrogens is 229 g/mol. The third-order valence-electron chi connectivity index (χ3n) is 2.07. The summed E-state index contributed by atoms with van der Waals surface area (Å²) in [6.07, 6.45) is -5.66. The highest BCUT2D eigenvalue weighted by Crippen LogP contribution is 2.18. The summed E-state index contributed by atoms with van der Waals surface area (Å²) < 4.78 is 45.5. The fourth-order valence-electron chi connectivity index (χ4n) is 1.14. The average Bonchev–Trinajstić information content (AvgIpc) is 2.15. The number of methoxy groups -OCH3 is 2. The molecule has 0 radical (unpaired) electrons. The van der Waals surface area contributed by atoms with Crippen molar-refractivity contribution in [3.8, 4) is 0 Å². The number of carbonyl (C=O) groups is 1. The number of primary amides is 1. The van der Waals surface area contributed by atoms with E-state index < -0.39 is 30.5 Å². The lowest BCUT2D eigenvalue weighted by Crippen LogP contribution is -2.63. The fourth-order valence-corrected chi connectivity index (χ4v) is 1.14. The molecule has 0 aliphatic rings. The molecule has 0 fully saturated rings. The second-order valence-corrected chi connectivity index (χ2v) is 3.34. The zero-order valence-corrected chi connectivity index (χ0v) is 9.22. The topological polar surface area (TPSA) is 73.6 Å². The largest absolute Gasteiger partial charge is 0.401 e. The Bertz CT molecular complexity index is 243. The van der Waals surface area contributed by atoms with Crippen LogP contribution in [-0.4, -0.2) is 44.7 Å². The Hall–Kier alpha value is -0.860. The van der Waals surface area contributed by atoms with Crippen LogP contribution in [0.4, 0.5) is 13.2 Å². The van der Waals surface area contributed by atoms with E-state index in [4.69, 9.17) is 15.2 Å². The molecule has 0 spiro atoms. The molecule has 8 heteroatoms. The summed E-state index contributed by atoms with van der Waals surface area (Å²) in [5.74, 6) is -0.995. The van der Waals surface area contributed by atoms with E-state index in [2.05, 4.69) is 0 Å². The maximum Gasteiger partial charge on any atom is 0.401 e. The van der Waals surface area contributed by atoms with Crippen molar-refractivity contribution < 1.29 is 27.4 Å². The van der Waals surface area contributed by atoms with Gasteiger partial charge in [0, 0.05) is 14.2 Å². The van der Waals surface area contributed by atoms with Crippen molar-refractivity contribution in [2.24, 2.45) is 5.73 Å². The second-order valence-electron chi connectivity index (χ2n) is 3.34. The van der Waals surface area contributed by atoms with Gasteiger partial charge in [-0.2, -0.15) is 13.2 Å². The monoisotopic (exact) mass is 244 g/mol. The lowest BCUT2D eigenvalue weighted by molar-refractivity contribution is -0.175. The molecule has 0 aromatic heterocycles. The zero-order valence-electron chi connectivity index (χ0n) is 9.22. The average molecular weight is 244 g/mol. The quantitative estimate of drug-likeness (QED) is 0.645. The fraction of sp³-hybridized carbons (Fsp3) is 0.875. The zero-order chi connectivity index (χ0) is 13.0. The molecule has 1 unspecified atom stereocenters. The maximum absolute atomic E-state index is 12.0. The van der Waals surface area contributed by atoms with E-state index in [0.717, 1.165) is 0 Å². The first-order chi connectivity index (χ1) is 7.17. The summed E-state index contributed by atoms with van der Waals surface area (Å²) in [5.41, 5.74) is 3.27. The van der Waals surface area contributed by atoms with E-state index in [0.29, 0.717) is 0 Å². The van der Waals surface area contributed by atoms with E-state index in [1.807, 2.05) is 5.32 Å². The van der Waals surface area contributed by atoms with Crippen molar-refractivity contribution in [2.45, 2.75) is 24.9 Å². The molecule has 0 heterocycles. The Balaban J connectivity index is 4.76. The number of nitrogens with two attached hydrogens (primary N) is 1. The van der Waals surface area contributed by atoms with Crippen molar-refractivity contribution in [1.82, 2.24) is 5.32 Å².